The fourth-order valence-electron chi connectivity index (χ4n) is 3.53. The molecular formula is C21H24ClNO4S. The van der Waals surface area contributed by atoms with E-state index in [1.165, 1.54) is 11.4 Å². The maximum atomic E-state index is 13.4. The molecule has 1 aliphatic rings. The highest BCUT2D eigenvalue weighted by molar-refractivity contribution is 7.93. The summed E-state index contributed by atoms with van der Waals surface area (Å²) in [6.45, 7) is 0.181. The van der Waals surface area contributed by atoms with Crippen molar-refractivity contribution in [2.45, 2.75) is 43.9 Å². The van der Waals surface area contributed by atoms with Crippen LogP contribution in [0.15, 0.2) is 48.5 Å². The van der Waals surface area contributed by atoms with Crippen LogP contribution >= 0.6 is 11.6 Å². The zero-order valence-electron chi connectivity index (χ0n) is 15.8. The number of benzene rings is 2. The third kappa shape index (κ3) is 4.67. The average molecular weight is 422 g/mol. The second kappa shape index (κ2) is 8.97. The Morgan fingerprint density at radius 3 is 2.39 bits per heavy atom. The fourth-order valence-corrected chi connectivity index (χ4v) is 5.74. The standard InChI is InChI=1S/C21H24ClNO4S/c1-27-21(24)17-12-10-16(11-13-17)15-23(19-7-5-6-18(22)14-19)28(25,26)20-8-3-2-4-9-20/h5-7,10-14,20H,2-4,8-9,15H2,1H3. The largest absolute Gasteiger partial charge is 0.465 e. The van der Waals surface area contributed by atoms with E-state index in [0.29, 0.717) is 29.1 Å². The Morgan fingerprint density at radius 1 is 1.11 bits per heavy atom. The van der Waals surface area contributed by atoms with Crippen LogP contribution in [0.25, 0.3) is 0 Å². The summed E-state index contributed by atoms with van der Waals surface area (Å²) in [7, 11) is -2.21. The number of methoxy groups -OCH3 is 1. The number of nitrogens with zero attached hydrogens (tertiary/aromatic N) is 1. The topological polar surface area (TPSA) is 63.7 Å². The molecule has 0 bridgehead atoms. The van der Waals surface area contributed by atoms with E-state index in [9.17, 15) is 13.2 Å². The molecule has 0 atom stereocenters. The molecule has 28 heavy (non-hydrogen) atoms. The molecule has 0 N–H and O–H groups in total. The highest BCUT2D eigenvalue weighted by atomic mass is 35.5. The van der Waals surface area contributed by atoms with E-state index in [-0.39, 0.29) is 11.8 Å². The third-order valence-electron chi connectivity index (χ3n) is 5.08. The van der Waals surface area contributed by atoms with Crippen molar-refractivity contribution in [1.29, 1.82) is 0 Å². The average Bonchev–Trinajstić information content (AvgIpc) is 2.72. The highest BCUT2D eigenvalue weighted by Gasteiger charge is 2.33. The van der Waals surface area contributed by atoms with Crippen LogP contribution in [0.3, 0.4) is 0 Å². The van der Waals surface area contributed by atoms with Gasteiger partial charge in [-0.1, -0.05) is 49.1 Å². The Morgan fingerprint density at radius 2 is 1.79 bits per heavy atom. The van der Waals surface area contributed by atoms with Gasteiger partial charge in [0.15, 0.2) is 0 Å². The molecule has 2 aromatic rings. The lowest BCUT2D eigenvalue weighted by atomic mass is 10.0. The zero-order chi connectivity index (χ0) is 20.1. The molecular weight excluding hydrogens is 398 g/mol. The van der Waals surface area contributed by atoms with E-state index in [4.69, 9.17) is 16.3 Å². The van der Waals surface area contributed by atoms with Crippen LogP contribution in [0, 0.1) is 0 Å². The summed E-state index contributed by atoms with van der Waals surface area (Å²) in [4.78, 5) is 11.6. The van der Waals surface area contributed by atoms with Crippen molar-refractivity contribution < 1.29 is 17.9 Å². The molecule has 3 rings (SSSR count). The quantitative estimate of drug-likeness (QED) is 0.628. The number of hydrogen-bond donors (Lipinski definition) is 0. The van der Waals surface area contributed by atoms with E-state index in [0.717, 1.165) is 24.8 Å². The van der Waals surface area contributed by atoms with Crippen molar-refractivity contribution in [2.24, 2.45) is 0 Å². The van der Waals surface area contributed by atoms with E-state index >= 15 is 0 Å². The van der Waals surface area contributed by atoms with Crippen molar-refractivity contribution in [2.75, 3.05) is 11.4 Å². The monoisotopic (exact) mass is 421 g/mol. The second-order valence-electron chi connectivity index (χ2n) is 6.98. The molecule has 0 heterocycles. The maximum Gasteiger partial charge on any atom is 0.337 e. The minimum atomic E-state index is -3.54. The lowest BCUT2D eigenvalue weighted by molar-refractivity contribution is 0.0600. The second-order valence-corrected chi connectivity index (χ2v) is 9.55. The summed E-state index contributed by atoms with van der Waals surface area (Å²) in [5, 5.41) is 0.108. The predicted octanol–water partition coefficient (Wildman–Crippen LogP) is 4.80. The number of halogens is 1. The summed E-state index contributed by atoms with van der Waals surface area (Å²) in [6.07, 6.45) is 4.31. The lowest BCUT2D eigenvalue weighted by Crippen LogP contribution is -2.39. The first-order chi connectivity index (χ1) is 13.4. The Hall–Kier alpha value is -2.05. The van der Waals surface area contributed by atoms with Gasteiger partial charge in [-0.3, -0.25) is 4.31 Å². The third-order valence-corrected chi connectivity index (χ3v) is 7.58. The van der Waals surface area contributed by atoms with Crippen LogP contribution in [0.1, 0.15) is 48.0 Å². The first kappa shape index (κ1) is 20.7. The number of anilines is 1. The van der Waals surface area contributed by atoms with Crippen LogP contribution < -0.4 is 4.31 Å². The van der Waals surface area contributed by atoms with Gasteiger partial charge in [0.1, 0.15) is 0 Å². The molecule has 1 saturated carbocycles. The normalized spacial score (nSPS) is 15.2. The van der Waals surface area contributed by atoms with Gasteiger partial charge < -0.3 is 4.74 Å². The fraction of sp³-hybridized carbons (Fsp3) is 0.381. The smallest absolute Gasteiger partial charge is 0.337 e. The van der Waals surface area contributed by atoms with Gasteiger partial charge in [-0.05, 0) is 48.7 Å². The maximum absolute atomic E-state index is 13.4. The number of hydrogen-bond acceptors (Lipinski definition) is 4. The summed E-state index contributed by atoms with van der Waals surface area (Å²) in [6, 6.07) is 13.7. The van der Waals surface area contributed by atoms with Gasteiger partial charge in [0.2, 0.25) is 10.0 Å². The summed E-state index contributed by atoms with van der Waals surface area (Å²) < 4.78 is 33.0. The van der Waals surface area contributed by atoms with E-state index < -0.39 is 16.0 Å². The molecule has 0 unspecified atom stereocenters. The van der Waals surface area contributed by atoms with Crippen LogP contribution in [0.2, 0.25) is 5.02 Å². The van der Waals surface area contributed by atoms with Crippen molar-refractivity contribution in [3.8, 4) is 0 Å². The van der Waals surface area contributed by atoms with Crippen LogP contribution in [0.4, 0.5) is 5.69 Å². The SMILES string of the molecule is COC(=O)c1ccc(CN(c2cccc(Cl)c2)S(=O)(=O)C2CCCCC2)cc1. The van der Waals surface area contributed by atoms with Gasteiger partial charge in [0.05, 0.1) is 30.2 Å². The molecule has 0 saturated heterocycles. The summed E-state index contributed by atoms with van der Waals surface area (Å²) in [5.41, 5.74) is 1.76. The number of rotatable bonds is 6. The van der Waals surface area contributed by atoms with Gasteiger partial charge in [0, 0.05) is 5.02 Å². The van der Waals surface area contributed by atoms with E-state index in [1.54, 1.807) is 48.5 Å². The van der Waals surface area contributed by atoms with Crippen molar-refractivity contribution >= 4 is 33.3 Å². The lowest BCUT2D eigenvalue weighted by Gasteiger charge is -2.31. The Bertz CT molecular complexity index is 922. The number of esters is 1. The van der Waals surface area contributed by atoms with Crippen LogP contribution in [0.5, 0.6) is 0 Å². The molecule has 0 aliphatic heterocycles. The first-order valence-electron chi connectivity index (χ1n) is 9.36. The predicted molar refractivity (Wildman–Crippen MR) is 111 cm³/mol. The van der Waals surface area contributed by atoms with E-state index in [2.05, 4.69) is 0 Å². The van der Waals surface area contributed by atoms with E-state index in [1.807, 2.05) is 0 Å². The van der Waals surface area contributed by atoms with Gasteiger partial charge in [-0.2, -0.15) is 0 Å². The van der Waals surface area contributed by atoms with Crippen molar-refractivity contribution in [1.82, 2.24) is 0 Å². The molecule has 0 aromatic heterocycles. The Balaban J connectivity index is 1.93. The molecule has 1 fully saturated rings. The minimum Gasteiger partial charge on any atom is -0.465 e. The zero-order valence-corrected chi connectivity index (χ0v) is 17.4. The number of ether oxygens (including phenoxy) is 1. The first-order valence-corrected chi connectivity index (χ1v) is 11.2. The minimum absolute atomic E-state index is 0.181. The van der Waals surface area contributed by atoms with Gasteiger partial charge in [-0.15, -0.1) is 0 Å². The van der Waals surface area contributed by atoms with Gasteiger partial charge in [-0.25, -0.2) is 13.2 Å². The van der Waals surface area contributed by atoms with Crippen LogP contribution in [-0.4, -0.2) is 26.7 Å². The molecule has 0 spiro atoms. The molecule has 7 heteroatoms. The highest BCUT2D eigenvalue weighted by Crippen LogP contribution is 2.31. The molecule has 0 radical (unpaired) electrons. The summed E-state index contributed by atoms with van der Waals surface area (Å²) in [5.74, 6) is -0.423. The summed E-state index contributed by atoms with van der Waals surface area (Å²) >= 11 is 6.13. The number of sulfonamides is 1. The molecule has 5 nitrogen and oxygen atoms in total. The molecule has 1 aliphatic carbocycles. The Kier molecular flexibility index (Phi) is 6.62. The molecule has 0 amide bonds. The Labute approximate surface area is 171 Å². The molecule has 2 aromatic carbocycles. The van der Waals surface area contributed by atoms with Gasteiger partial charge >= 0.3 is 5.97 Å². The van der Waals surface area contributed by atoms with Gasteiger partial charge in [0.25, 0.3) is 0 Å². The van der Waals surface area contributed by atoms with Crippen molar-refractivity contribution in [3.63, 3.8) is 0 Å². The molecule has 150 valence electrons. The number of carbonyl (C=O) groups is 1. The number of carbonyl (C=O) groups excluding carboxylic acids is 1. The van der Waals surface area contributed by atoms with Crippen molar-refractivity contribution in [3.05, 3.63) is 64.7 Å². The van der Waals surface area contributed by atoms with Crippen LogP contribution in [-0.2, 0) is 21.3 Å².